The monoisotopic (exact) mass is 336 g/mol. The Morgan fingerprint density at radius 1 is 1.28 bits per heavy atom. The third-order valence-electron chi connectivity index (χ3n) is 3.93. The minimum atomic E-state index is -0.330. The van der Waals surface area contributed by atoms with Crippen LogP contribution >= 0.6 is 0 Å². The lowest BCUT2D eigenvalue weighted by molar-refractivity contribution is 0.181. The summed E-state index contributed by atoms with van der Waals surface area (Å²) in [5.41, 5.74) is 2.45. The molecule has 3 aromatic rings. The van der Waals surface area contributed by atoms with Crippen LogP contribution in [-0.2, 0) is 11.3 Å². The first-order chi connectivity index (χ1) is 12.3. The van der Waals surface area contributed by atoms with E-state index in [1.54, 1.807) is 28.2 Å². The fraction of sp³-hybridized carbons (Fsp3) is 0.167. The quantitative estimate of drug-likeness (QED) is 0.668. The lowest BCUT2D eigenvalue weighted by Gasteiger charge is -2.13. The fourth-order valence-corrected chi connectivity index (χ4v) is 2.76. The van der Waals surface area contributed by atoms with Gasteiger partial charge in [-0.3, -0.25) is 4.90 Å². The average molecular weight is 336 g/mol. The molecule has 25 heavy (non-hydrogen) atoms. The first-order valence-corrected chi connectivity index (χ1v) is 7.89. The SMILES string of the molecule is C=CCn1nc(-c2ccoc2)nc1-c1cccc(N2CCOC2=O)c1. The molecule has 4 rings (SSSR count). The van der Waals surface area contributed by atoms with Gasteiger partial charge in [0, 0.05) is 11.3 Å². The number of aromatic nitrogens is 3. The largest absolute Gasteiger partial charge is 0.472 e. The van der Waals surface area contributed by atoms with E-state index in [0.717, 1.165) is 16.8 Å². The Bertz CT molecular complexity index is 914. The number of carbonyl (C=O) groups excluding carboxylic acids is 1. The van der Waals surface area contributed by atoms with Gasteiger partial charge in [0.25, 0.3) is 0 Å². The van der Waals surface area contributed by atoms with Crippen molar-refractivity contribution in [2.75, 3.05) is 18.1 Å². The van der Waals surface area contributed by atoms with Gasteiger partial charge in [0.05, 0.1) is 24.9 Å². The van der Waals surface area contributed by atoms with Crippen LogP contribution in [0.2, 0.25) is 0 Å². The predicted octanol–water partition coefficient (Wildman–Crippen LogP) is 3.35. The molecule has 1 aliphatic rings. The minimum Gasteiger partial charge on any atom is -0.472 e. The predicted molar refractivity (Wildman–Crippen MR) is 92.1 cm³/mol. The zero-order chi connectivity index (χ0) is 17.2. The van der Waals surface area contributed by atoms with E-state index >= 15 is 0 Å². The maximum atomic E-state index is 11.8. The normalized spacial score (nSPS) is 13.9. The molecule has 7 heteroatoms. The Morgan fingerprint density at radius 2 is 2.20 bits per heavy atom. The molecule has 1 aromatic carbocycles. The summed E-state index contributed by atoms with van der Waals surface area (Å²) in [6.45, 7) is 5.25. The van der Waals surface area contributed by atoms with E-state index in [9.17, 15) is 4.79 Å². The van der Waals surface area contributed by atoms with E-state index in [0.29, 0.717) is 31.3 Å². The van der Waals surface area contributed by atoms with Gasteiger partial charge >= 0.3 is 6.09 Å². The van der Waals surface area contributed by atoms with Gasteiger partial charge in [-0.15, -0.1) is 11.7 Å². The molecule has 0 spiro atoms. The van der Waals surface area contributed by atoms with Gasteiger partial charge in [0.2, 0.25) is 0 Å². The van der Waals surface area contributed by atoms with Crippen LogP contribution < -0.4 is 4.90 Å². The molecule has 0 bridgehead atoms. The van der Waals surface area contributed by atoms with E-state index in [1.807, 2.05) is 30.3 Å². The summed E-state index contributed by atoms with van der Waals surface area (Å²) in [6, 6.07) is 9.43. The van der Waals surface area contributed by atoms with E-state index in [-0.39, 0.29) is 6.09 Å². The summed E-state index contributed by atoms with van der Waals surface area (Å²) < 4.78 is 11.9. The van der Waals surface area contributed by atoms with E-state index in [2.05, 4.69) is 16.7 Å². The zero-order valence-corrected chi connectivity index (χ0v) is 13.5. The van der Waals surface area contributed by atoms with Crippen LogP contribution in [0.1, 0.15) is 0 Å². The van der Waals surface area contributed by atoms with Crippen LogP contribution in [0.25, 0.3) is 22.8 Å². The minimum absolute atomic E-state index is 0.330. The number of hydrogen-bond acceptors (Lipinski definition) is 5. The lowest BCUT2D eigenvalue weighted by atomic mass is 10.1. The Labute approximate surface area is 144 Å². The first kappa shape index (κ1) is 15.2. The van der Waals surface area contributed by atoms with Crippen molar-refractivity contribution in [2.24, 2.45) is 0 Å². The Morgan fingerprint density at radius 3 is 2.92 bits per heavy atom. The van der Waals surface area contributed by atoms with Gasteiger partial charge in [0.1, 0.15) is 12.9 Å². The summed E-state index contributed by atoms with van der Waals surface area (Å²) in [5, 5.41) is 4.53. The number of nitrogens with zero attached hydrogens (tertiary/aromatic N) is 4. The van der Waals surface area contributed by atoms with Gasteiger partial charge in [-0.25, -0.2) is 14.5 Å². The summed E-state index contributed by atoms with van der Waals surface area (Å²) >= 11 is 0. The number of hydrogen-bond donors (Lipinski definition) is 0. The summed E-state index contributed by atoms with van der Waals surface area (Å²) in [6.07, 6.45) is 4.62. The second-order valence-electron chi connectivity index (χ2n) is 5.56. The number of amides is 1. The maximum Gasteiger partial charge on any atom is 0.414 e. The molecule has 0 unspecified atom stereocenters. The van der Waals surface area contributed by atoms with Crippen LogP contribution in [0.5, 0.6) is 0 Å². The Kier molecular flexibility index (Phi) is 3.81. The van der Waals surface area contributed by atoms with Crippen molar-refractivity contribution in [3.8, 4) is 22.8 Å². The summed E-state index contributed by atoms with van der Waals surface area (Å²) in [7, 11) is 0. The number of carbonyl (C=O) groups is 1. The van der Waals surface area contributed by atoms with Gasteiger partial charge < -0.3 is 9.15 Å². The molecule has 126 valence electrons. The van der Waals surface area contributed by atoms with Crippen molar-refractivity contribution in [1.29, 1.82) is 0 Å². The standard InChI is InChI=1S/C18H16N4O3/c1-2-7-22-17(19-16(20-22)14-6-9-24-12-14)13-4-3-5-15(11-13)21-8-10-25-18(21)23/h2-6,9,11-12H,1,7-8,10H2. The van der Waals surface area contributed by atoms with Crippen molar-refractivity contribution in [2.45, 2.75) is 6.54 Å². The second-order valence-corrected chi connectivity index (χ2v) is 5.56. The van der Waals surface area contributed by atoms with Gasteiger partial charge in [0.15, 0.2) is 11.6 Å². The third-order valence-corrected chi connectivity index (χ3v) is 3.93. The third kappa shape index (κ3) is 2.80. The van der Waals surface area contributed by atoms with Gasteiger partial charge in [-0.1, -0.05) is 18.2 Å². The molecule has 3 heterocycles. The number of ether oxygens (including phenoxy) is 1. The van der Waals surface area contributed by atoms with Crippen LogP contribution in [-0.4, -0.2) is 34.0 Å². The number of rotatable bonds is 5. The van der Waals surface area contributed by atoms with Gasteiger partial charge in [-0.2, -0.15) is 0 Å². The van der Waals surface area contributed by atoms with Crippen LogP contribution in [0, 0.1) is 0 Å². The molecule has 0 aliphatic carbocycles. The topological polar surface area (TPSA) is 73.4 Å². The maximum absolute atomic E-state index is 11.8. The van der Waals surface area contributed by atoms with Crippen LogP contribution in [0.4, 0.5) is 10.5 Å². The number of furan rings is 1. The van der Waals surface area contributed by atoms with Crippen LogP contribution in [0.15, 0.2) is 59.9 Å². The van der Waals surface area contributed by atoms with Gasteiger partial charge in [-0.05, 0) is 18.2 Å². The summed E-state index contributed by atoms with van der Waals surface area (Å²) in [4.78, 5) is 18.0. The zero-order valence-electron chi connectivity index (χ0n) is 13.5. The highest BCUT2D eigenvalue weighted by atomic mass is 16.6. The number of cyclic esters (lactones) is 1. The highest BCUT2D eigenvalue weighted by Gasteiger charge is 2.24. The number of allylic oxidation sites excluding steroid dienone is 1. The number of anilines is 1. The highest BCUT2D eigenvalue weighted by molar-refractivity contribution is 5.90. The molecular weight excluding hydrogens is 320 g/mol. The molecule has 1 fully saturated rings. The molecule has 1 saturated heterocycles. The van der Waals surface area contributed by atoms with Crippen molar-refractivity contribution in [3.63, 3.8) is 0 Å². The van der Waals surface area contributed by atoms with E-state index in [4.69, 9.17) is 9.15 Å². The molecule has 0 atom stereocenters. The lowest BCUT2D eigenvalue weighted by Crippen LogP contribution is -2.23. The second kappa shape index (κ2) is 6.27. The number of benzene rings is 1. The first-order valence-electron chi connectivity index (χ1n) is 7.89. The molecule has 0 radical (unpaired) electrons. The fourth-order valence-electron chi connectivity index (χ4n) is 2.76. The van der Waals surface area contributed by atoms with E-state index in [1.165, 1.54) is 0 Å². The average Bonchev–Trinajstić information content (AvgIpc) is 3.35. The van der Waals surface area contributed by atoms with E-state index < -0.39 is 0 Å². The van der Waals surface area contributed by atoms with Crippen molar-refractivity contribution in [1.82, 2.24) is 14.8 Å². The molecular formula is C18H16N4O3. The Hall–Kier alpha value is -3.35. The molecule has 1 aliphatic heterocycles. The molecule has 0 saturated carbocycles. The van der Waals surface area contributed by atoms with Crippen molar-refractivity contribution >= 4 is 11.8 Å². The molecule has 2 aromatic heterocycles. The summed E-state index contributed by atoms with van der Waals surface area (Å²) in [5.74, 6) is 1.28. The molecule has 0 N–H and O–H groups in total. The molecule has 7 nitrogen and oxygen atoms in total. The Balaban J connectivity index is 1.76. The van der Waals surface area contributed by atoms with Crippen LogP contribution in [0.3, 0.4) is 0 Å². The van der Waals surface area contributed by atoms with Crippen molar-refractivity contribution < 1.29 is 13.9 Å². The smallest absolute Gasteiger partial charge is 0.414 e. The highest BCUT2D eigenvalue weighted by Crippen LogP contribution is 2.27. The van der Waals surface area contributed by atoms with Crippen molar-refractivity contribution in [3.05, 3.63) is 55.5 Å². The molecule has 1 amide bonds.